The zero-order chi connectivity index (χ0) is 27.3. The fourth-order valence-electron chi connectivity index (χ4n) is 3.83. The van der Waals surface area contributed by atoms with Crippen LogP contribution < -0.4 is 19.5 Å². The number of nitrogens with zero attached hydrogens (tertiary/aromatic N) is 3. The highest BCUT2D eigenvalue weighted by molar-refractivity contribution is 5.89. The van der Waals surface area contributed by atoms with Gasteiger partial charge in [0.2, 0.25) is 0 Å². The SMILES string of the molecule is CCCCCOc1cc(NC(=O)N(CCOCc2cn(C)cn2)Cc2cc(F)ccc2OC)ccc1OC. The van der Waals surface area contributed by atoms with Crippen LogP contribution in [-0.4, -0.2) is 54.5 Å². The van der Waals surface area contributed by atoms with Crippen LogP contribution in [0.3, 0.4) is 0 Å². The molecule has 0 unspecified atom stereocenters. The van der Waals surface area contributed by atoms with Gasteiger partial charge in [-0.15, -0.1) is 0 Å². The molecule has 0 spiro atoms. The fourth-order valence-corrected chi connectivity index (χ4v) is 3.83. The van der Waals surface area contributed by atoms with Crippen LogP contribution in [0.4, 0.5) is 14.9 Å². The van der Waals surface area contributed by atoms with E-state index in [9.17, 15) is 9.18 Å². The number of imidazole rings is 1. The van der Waals surface area contributed by atoms with E-state index in [1.807, 2.05) is 17.8 Å². The Morgan fingerprint density at radius 3 is 2.55 bits per heavy atom. The number of unbranched alkanes of at least 4 members (excludes halogenated alkanes) is 2. The van der Waals surface area contributed by atoms with Crippen molar-refractivity contribution in [1.29, 1.82) is 0 Å². The molecule has 0 saturated carbocycles. The maximum absolute atomic E-state index is 14.0. The second-order valence-corrected chi connectivity index (χ2v) is 8.81. The largest absolute Gasteiger partial charge is 0.496 e. The summed E-state index contributed by atoms with van der Waals surface area (Å²) in [7, 11) is 4.97. The van der Waals surface area contributed by atoms with Crippen LogP contribution in [-0.2, 0) is 24.9 Å². The number of aromatic nitrogens is 2. The number of hydrogen-bond acceptors (Lipinski definition) is 6. The number of ether oxygens (including phenoxy) is 4. The summed E-state index contributed by atoms with van der Waals surface area (Å²) in [6.07, 6.45) is 6.66. The van der Waals surface area contributed by atoms with Crippen molar-refractivity contribution < 1.29 is 28.1 Å². The van der Waals surface area contributed by atoms with Gasteiger partial charge >= 0.3 is 6.03 Å². The van der Waals surface area contributed by atoms with Gasteiger partial charge in [-0.3, -0.25) is 0 Å². The zero-order valence-corrected chi connectivity index (χ0v) is 22.5. The first-order valence-corrected chi connectivity index (χ1v) is 12.7. The molecule has 9 nitrogen and oxygen atoms in total. The molecule has 1 heterocycles. The second-order valence-electron chi connectivity index (χ2n) is 8.81. The minimum atomic E-state index is -0.410. The molecule has 206 valence electrons. The number of halogens is 1. The number of benzene rings is 2. The predicted octanol–water partition coefficient (Wildman–Crippen LogP) is 5.40. The topological polar surface area (TPSA) is 87.1 Å². The van der Waals surface area contributed by atoms with E-state index >= 15 is 0 Å². The van der Waals surface area contributed by atoms with Gasteiger partial charge < -0.3 is 33.7 Å². The quantitative estimate of drug-likeness (QED) is 0.266. The number of aryl methyl sites for hydroxylation is 1. The van der Waals surface area contributed by atoms with Gasteiger partial charge in [0, 0.05) is 37.1 Å². The van der Waals surface area contributed by atoms with Gasteiger partial charge in [0.1, 0.15) is 11.6 Å². The minimum absolute atomic E-state index is 0.121. The first kappa shape index (κ1) is 28.8. The van der Waals surface area contributed by atoms with Gasteiger partial charge in [-0.1, -0.05) is 19.8 Å². The lowest BCUT2D eigenvalue weighted by Crippen LogP contribution is -2.37. The predicted molar refractivity (Wildman–Crippen MR) is 143 cm³/mol. The molecule has 0 atom stereocenters. The number of carbonyl (C=O) groups excluding carboxylic acids is 1. The smallest absolute Gasteiger partial charge is 0.322 e. The number of anilines is 1. The number of amides is 2. The molecule has 2 aromatic carbocycles. The van der Waals surface area contributed by atoms with E-state index in [-0.39, 0.29) is 25.7 Å². The van der Waals surface area contributed by atoms with Crippen molar-refractivity contribution in [2.24, 2.45) is 7.05 Å². The van der Waals surface area contributed by atoms with Crippen molar-refractivity contribution >= 4 is 11.7 Å². The summed E-state index contributed by atoms with van der Waals surface area (Å²) in [5, 5.41) is 2.92. The third-order valence-corrected chi connectivity index (χ3v) is 5.83. The van der Waals surface area contributed by atoms with E-state index in [0.29, 0.717) is 41.7 Å². The molecule has 0 aliphatic heterocycles. The Labute approximate surface area is 223 Å². The monoisotopic (exact) mass is 528 g/mol. The molecule has 3 rings (SSSR count). The number of hydrogen-bond donors (Lipinski definition) is 1. The molecule has 1 N–H and O–H groups in total. The van der Waals surface area contributed by atoms with Crippen molar-refractivity contribution in [2.45, 2.75) is 39.3 Å². The molecular weight excluding hydrogens is 491 g/mol. The summed E-state index contributed by atoms with van der Waals surface area (Å²) < 4.78 is 38.3. The van der Waals surface area contributed by atoms with Crippen LogP contribution in [0.15, 0.2) is 48.9 Å². The Balaban J connectivity index is 1.72. The van der Waals surface area contributed by atoms with Crippen molar-refractivity contribution in [3.8, 4) is 17.2 Å². The highest BCUT2D eigenvalue weighted by atomic mass is 19.1. The van der Waals surface area contributed by atoms with Gasteiger partial charge in [0.05, 0.1) is 52.6 Å². The van der Waals surface area contributed by atoms with Crippen molar-refractivity contribution in [3.63, 3.8) is 0 Å². The molecule has 38 heavy (non-hydrogen) atoms. The highest BCUT2D eigenvalue weighted by Gasteiger charge is 2.18. The average Bonchev–Trinajstić information content (AvgIpc) is 3.33. The van der Waals surface area contributed by atoms with E-state index in [1.54, 1.807) is 42.6 Å². The molecule has 0 radical (unpaired) electrons. The van der Waals surface area contributed by atoms with Crippen LogP contribution in [0.2, 0.25) is 0 Å². The van der Waals surface area contributed by atoms with Crippen LogP contribution >= 0.6 is 0 Å². The zero-order valence-electron chi connectivity index (χ0n) is 22.5. The van der Waals surface area contributed by atoms with Crippen LogP contribution in [0.5, 0.6) is 17.2 Å². The molecule has 0 aliphatic rings. The minimum Gasteiger partial charge on any atom is -0.496 e. The second kappa shape index (κ2) is 14.8. The van der Waals surface area contributed by atoms with Gasteiger partial charge in [-0.2, -0.15) is 0 Å². The van der Waals surface area contributed by atoms with Crippen LogP contribution in [0.1, 0.15) is 37.4 Å². The van der Waals surface area contributed by atoms with Gasteiger partial charge in [0.25, 0.3) is 0 Å². The van der Waals surface area contributed by atoms with Crippen molar-refractivity contribution in [1.82, 2.24) is 14.5 Å². The molecule has 1 aromatic heterocycles. The Bertz CT molecular complexity index is 1170. The summed E-state index contributed by atoms with van der Waals surface area (Å²) in [5.74, 6) is 1.22. The molecule has 0 fully saturated rings. The molecule has 0 aliphatic carbocycles. The summed E-state index contributed by atoms with van der Waals surface area (Å²) in [6.45, 7) is 3.64. The maximum Gasteiger partial charge on any atom is 0.322 e. The summed E-state index contributed by atoms with van der Waals surface area (Å²) in [6, 6.07) is 9.09. The lowest BCUT2D eigenvalue weighted by molar-refractivity contribution is 0.0973. The molecule has 0 bridgehead atoms. The lowest BCUT2D eigenvalue weighted by atomic mass is 10.2. The molecule has 0 saturated heterocycles. The van der Waals surface area contributed by atoms with Gasteiger partial charge in [0.15, 0.2) is 11.5 Å². The van der Waals surface area contributed by atoms with E-state index in [1.165, 1.54) is 19.2 Å². The Hall–Kier alpha value is -3.79. The lowest BCUT2D eigenvalue weighted by Gasteiger charge is -2.24. The number of urea groups is 1. The number of methoxy groups -OCH3 is 2. The normalized spacial score (nSPS) is 10.8. The summed E-state index contributed by atoms with van der Waals surface area (Å²) in [5.41, 5.74) is 1.88. The Morgan fingerprint density at radius 2 is 1.84 bits per heavy atom. The number of rotatable bonds is 15. The average molecular weight is 529 g/mol. The van der Waals surface area contributed by atoms with Crippen molar-refractivity contribution in [3.05, 3.63) is 66.0 Å². The standard InChI is InChI=1S/C28H37FN4O5/c1-5-6-7-13-38-27-16-23(9-11-26(27)36-4)31-28(34)33(12-14-37-19-24-18-32(2)20-30-24)17-21-15-22(29)8-10-25(21)35-3/h8-11,15-16,18,20H,5-7,12-14,17,19H2,1-4H3,(H,31,34). The number of nitrogens with one attached hydrogen (secondary N) is 1. The van der Waals surface area contributed by atoms with Gasteiger partial charge in [-0.05, 0) is 36.8 Å². The molecule has 10 heteroatoms. The van der Waals surface area contributed by atoms with E-state index in [2.05, 4.69) is 17.2 Å². The van der Waals surface area contributed by atoms with Crippen LogP contribution in [0, 0.1) is 5.82 Å². The first-order valence-electron chi connectivity index (χ1n) is 12.7. The third kappa shape index (κ3) is 8.65. The molecular formula is C28H37FN4O5. The highest BCUT2D eigenvalue weighted by Crippen LogP contribution is 2.31. The summed E-state index contributed by atoms with van der Waals surface area (Å²) in [4.78, 5) is 19.2. The fraction of sp³-hybridized carbons (Fsp3) is 0.429. The maximum atomic E-state index is 14.0. The Morgan fingerprint density at radius 1 is 1.05 bits per heavy atom. The van der Waals surface area contributed by atoms with E-state index < -0.39 is 5.82 Å². The van der Waals surface area contributed by atoms with E-state index in [4.69, 9.17) is 18.9 Å². The number of carbonyl (C=O) groups is 1. The van der Waals surface area contributed by atoms with E-state index in [0.717, 1.165) is 25.0 Å². The van der Waals surface area contributed by atoms with Crippen molar-refractivity contribution in [2.75, 3.05) is 39.3 Å². The summed E-state index contributed by atoms with van der Waals surface area (Å²) >= 11 is 0. The molecule has 3 aromatic rings. The molecule has 2 amide bonds. The first-order chi connectivity index (χ1) is 18.4. The third-order valence-electron chi connectivity index (χ3n) is 5.83. The van der Waals surface area contributed by atoms with Gasteiger partial charge in [-0.25, -0.2) is 14.2 Å². The van der Waals surface area contributed by atoms with Crippen LogP contribution in [0.25, 0.3) is 0 Å². The Kier molecular flexibility index (Phi) is 11.2.